The fourth-order valence-electron chi connectivity index (χ4n) is 4.22. The SMILES string of the molecule is Cc1ccc(S(=O)(=O)O)c(CCC(C)c2cc(OCc3ccccc3)cc(OCc3ccccc3)c2)c1. The lowest BCUT2D eigenvalue weighted by Crippen LogP contribution is -2.06. The van der Waals surface area contributed by atoms with Gasteiger partial charge in [0.2, 0.25) is 0 Å². The molecule has 0 radical (unpaired) electrons. The summed E-state index contributed by atoms with van der Waals surface area (Å²) < 4.78 is 45.7. The molecule has 0 fully saturated rings. The van der Waals surface area contributed by atoms with E-state index in [0.29, 0.717) is 43.1 Å². The van der Waals surface area contributed by atoms with Crippen molar-refractivity contribution < 1.29 is 22.4 Å². The zero-order chi connectivity index (χ0) is 26.3. The quantitative estimate of drug-likeness (QED) is 0.215. The molecule has 4 rings (SSSR count). The highest BCUT2D eigenvalue weighted by molar-refractivity contribution is 7.85. The van der Waals surface area contributed by atoms with Crippen molar-refractivity contribution in [3.8, 4) is 11.5 Å². The second-order valence-corrected chi connectivity index (χ2v) is 10.7. The Balaban J connectivity index is 1.54. The first-order valence-corrected chi connectivity index (χ1v) is 13.8. The van der Waals surface area contributed by atoms with E-state index in [2.05, 4.69) is 6.92 Å². The van der Waals surface area contributed by atoms with Crippen molar-refractivity contribution in [2.75, 3.05) is 0 Å². The first-order valence-electron chi connectivity index (χ1n) is 12.3. The van der Waals surface area contributed by atoms with Gasteiger partial charge in [-0.25, -0.2) is 0 Å². The molecule has 4 aromatic carbocycles. The average molecular weight is 517 g/mol. The highest BCUT2D eigenvalue weighted by Crippen LogP contribution is 2.32. The second kappa shape index (κ2) is 12.1. The molecular weight excluding hydrogens is 484 g/mol. The van der Waals surface area contributed by atoms with E-state index in [1.165, 1.54) is 6.07 Å². The average Bonchev–Trinajstić information content (AvgIpc) is 2.90. The lowest BCUT2D eigenvalue weighted by molar-refractivity contribution is 0.289. The van der Waals surface area contributed by atoms with Gasteiger partial charge in [-0.15, -0.1) is 0 Å². The molecule has 0 amide bonds. The second-order valence-electron chi connectivity index (χ2n) is 9.31. The van der Waals surface area contributed by atoms with E-state index in [1.54, 1.807) is 6.07 Å². The van der Waals surface area contributed by atoms with Crippen molar-refractivity contribution in [3.63, 3.8) is 0 Å². The van der Waals surface area contributed by atoms with E-state index >= 15 is 0 Å². The molecule has 0 saturated heterocycles. The molecule has 4 aromatic rings. The predicted octanol–water partition coefficient (Wildman–Crippen LogP) is 7.14. The van der Waals surface area contributed by atoms with Crippen LogP contribution in [0.15, 0.2) is 102 Å². The minimum absolute atomic E-state index is 0.0304. The number of hydrogen-bond donors (Lipinski definition) is 1. The molecule has 0 aromatic heterocycles. The fourth-order valence-corrected chi connectivity index (χ4v) is 4.95. The molecule has 0 spiro atoms. The van der Waals surface area contributed by atoms with Crippen molar-refractivity contribution in [1.29, 1.82) is 0 Å². The molecule has 37 heavy (non-hydrogen) atoms. The first kappa shape index (κ1) is 26.5. The van der Waals surface area contributed by atoms with Crippen molar-refractivity contribution in [3.05, 3.63) is 125 Å². The summed E-state index contributed by atoms with van der Waals surface area (Å²) in [5, 5.41) is 0. The van der Waals surface area contributed by atoms with Crippen LogP contribution in [-0.2, 0) is 29.8 Å². The molecule has 6 heteroatoms. The summed E-state index contributed by atoms with van der Waals surface area (Å²) in [7, 11) is -4.28. The summed E-state index contributed by atoms with van der Waals surface area (Å²) >= 11 is 0. The van der Waals surface area contributed by atoms with Gasteiger partial charge in [0.1, 0.15) is 24.7 Å². The standard InChI is InChI=1S/C31H32O5S/c1-23-13-16-31(37(32,33)34)27(17-23)15-14-24(2)28-18-29(35-21-25-9-5-3-6-10-25)20-30(19-28)36-22-26-11-7-4-8-12-26/h3-13,16-20,24H,14-15,21-22H2,1-2H3,(H,32,33,34). The van der Waals surface area contributed by atoms with E-state index in [4.69, 9.17) is 9.47 Å². The Morgan fingerprint density at radius 3 is 1.81 bits per heavy atom. The molecule has 192 valence electrons. The van der Waals surface area contributed by atoms with Crippen molar-refractivity contribution in [2.24, 2.45) is 0 Å². The highest BCUT2D eigenvalue weighted by atomic mass is 32.2. The van der Waals surface area contributed by atoms with Gasteiger partial charge >= 0.3 is 0 Å². The Morgan fingerprint density at radius 1 is 0.757 bits per heavy atom. The molecular formula is C31H32O5S. The molecule has 0 aliphatic rings. The van der Waals surface area contributed by atoms with Crippen LogP contribution in [0.3, 0.4) is 0 Å². The summed E-state index contributed by atoms with van der Waals surface area (Å²) in [4.78, 5) is -0.0304. The molecule has 1 unspecified atom stereocenters. The van der Waals surface area contributed by atoms with Crippen LogP contribution < -0.4 is 9.47 Å². The number of ether oxygens (including phenoxy) is 2. The summed E-state index contributed by atoms with van der Waals surface area (Å²) in [6.07, 6.45) is 1.19. The van der Waals surface area contributed by atoms with Crippen LogP contribution in [0.25, 0.3) is 0 Å². The van der Waals surface area contributed by atoms with E-state index in [-0.39, 0.29) is 10.8 Å². The smallest absolute Gasteiger partial charge is 0.294 e. The molecule has 0 aliphatic heterocycles. The molecule has 0 heterocycles. The van der Waals surface area contributed by atoms with Gasteiger partial charge in [-0.05, 0) is 66.1 Å². The molecule has 0 saturated carbocycles. The number of hydrogen-bond acceptors (Lipinski definition) is 4. The largest absolute Gasteiger partial charge is 0.489 e. The van der Waals surface area contributed by atoms with Gasteiger partial charge in [0.25, 0.3) is 10.1 Å². The Labute approximate surface area is 219 Å². The summed E-state index contributed by atoms with van der Waals surface area (Å²) in [6.45, 7) is 4.89. The van der Waals surface area contributed by atoms with Gasteiger partial charge in [-0.1, -0.05) is 85.3 Å². The molecule has 0 bridgehead atoms. The minimum atomic E-state index is -4.28. The van der Waals surface area contributed by atoms with Gasteiger partial charge < -0.3 is 9.47 Å². The van der Waals surface area contributed by atoms with Gasteiger partial charge in [0.15, 0.2) is 0 Å². The third-order valence-corrected chi connectivity index (χ3v) is 7.26. The fraction of sp³-hybridized carbons (Fsp3) is 0.226. The molecule has 1 atom stereocenters. The van der Waals surface area contributed by atoms with Crippen molar-refractivity contribution >= 4 is 10.1 Å². The maximum Gasteiger partial charge on any atom is 0.294 e. The zero-order valence-electron chi connectivity index (χ0n) is 21.1. The normalized spacial score (nSPS) is 12.2. The van der Waals surface area contributed by atoms with Gasteiger partial charge in [-0.3, -0.25) is 4.55 Å². The van der Waals surface area contributed by atoms with Crippen LogP contribution in [0.4, 0.5) is 0 Å². The van der Waals surface area contributed by atoms with Gasteiger partial charge in [0, 0.05) is 6.07 Å². The van der Waals surface area contributed by atoms with Crippen LogP contribution >= 0.6 is 0 Å². The van der Waals surface area contributed by atoms with Crippen molar-refractivity contribution in [2.45, 2.75) is 50.7 Å². The maximum atomic E-state index is 11.9. The van der Waals surface area contributed by atoms with Crippen LogP contribution in [0.5, 0.6) is 11.5 Å². The van der Waals surface area contributed by atoms with E-state index in [0.717, 1.165) is 22.3 Å². The van der Waals surface area contributed by atoms with Crippen LogP contribution in [0.2, 0.25) is 0 Å². The summed E-state index contributed by atoms with van der Waals surface area (Å²) in [5.74, 6) is 1.52. The highest BCUT2D eigenvalue weighted by Gasteiger charge is 2.17. The lowest BCUT2D eigenvalue weighted by Gasteiger charge is -2.17. The summed E-state index contributed by atoms with van der Waals surface area (Å²) in [6, 6.07) is 30.9. The lowest BCUT2D eigenvalue weighted by atomic mass is 9.93. The van der Waals surface area contributed by atoms with Crippen LogP contribution in [0, 0.1) is 6.92 Å². The molecule has 1 N–H and O–H groups in total. The van der Waals surface area contributed by atoms with E-state index in [1.807, 2.05) is 91.9 Å². The maximum absolute atomic E-state index is 11.9. The third-order valence-electron chi connectivity index (χ3n) is 6.31. The van der Waals surface area contributed by atoms with E-state index in [9.17, 15) is 13.0 Å². The van der Waals surface area contributed by atoms with Crippen molar-refractivity contribution in [1.82, 2.24) is 0 Å². The Bertz CT molecular complexity index is 1360. The zero-order valence-corrected chi connectivity index (χ0v) is 21.9. The first-order chi connectivity index (χ1) is 17.8. The Kier molecular flexibility index (Phi) is 8.64. The Morgan fingerprint density at radius 2 is 1.30 bits per heavy atom. The number of rotatable bonds is 11. The molecule has 0 aliphatic carbocycles. The number of benzene rings is 4. The summed E-state index contributed by atoms with van der Waals surface area (Å²) in [5.41, 5.74) is 4.75. The number of aryl methyl sites for hydroxylation is 2. The van der Waals surface area contributed by atoms with Gasteiger partial charge in [0.05, 0.1) is 4.90 Å². The Hall–Kier alpha value is -3.61. The van der Waals surface area contributed by atoms with Crippen LogP contribution in [-0.4, -0.2) is 13.0 Å². The third kappa shape index (κ3) is 7.68. The monoisotopic (exact) mass is 516 g/mol. The van der Waals surface area contributed by atoms with Crippen LogP contribution in [0.1, 0.15) is 47.1 Å². The van der Waals surface area contributed by atoms with E-state index < -0.39 is 10.1 Å². The van der Waals surface area contributed by atoms with Gasteiger partial charge in [-0.2, -0.15) is 8.42 Å². The topological polar surface area (TPSA) is 72.8 Å². The minimum Gasteiger partial charge on any atom is -0.489 e. The molecule has 5 nitrogen and oxygen atoms in total. The predicted molar refractivity (Wildman–Crippen MR) is 146 cm³/mol.